The van der Waals surface area contributed by atoms with E-state index in [2.05, 4.69) is 5.32 Å². The van der Waals surface area contributed by atoms with Crippen LogP contribution in [-0.4, -0.2) is 57.1 Å². The summed E-state index contributed by atoms with van der Waals surface area (Å²) in [4.78, 5) is 28.4. The highest BCUT2D eigenvalue weighted by atomic mass is 32.2. The van der Waals surface area contributed by atoms with E-state index in [9.17, 15) is 18.0 Å². The van der Waals surface area contributed by atoms with Gasteiger partial charge < -0.3 is 15.0 Å². The van der Waals surface area contributed by atoms with Crippen LogP contribution < -0.4 is 14.4 Å². The van der Waals surface area contributed by atoms with Gasteiger partial charge in [0.25, 0.3) is 0 Å². The van der Waals surface area contributed by atoms with Crippen LogP contribution in [0.5, 0.6) is 5.75 Å². The molecule has 8 nitrogen and oxygen atoms in total. The summed E-state index contributed by atoms with van der Waals surface area (Å²) >= 11 is 0. The number of ether oxygens (including phenoxy) is 1. The third-order valence-corrected chi connectivity index (χ3v) is 8.05. The van der Waals surface area contributed by atoms with Crippen LogP contribution in [0.15, 0.2) is 42.5 Å². The van der Waals surface area contributed by atoms with Crippen molar-refractivity contribution in [1.82, 2.24) is 10.2 Å². The van der Waals surface area contributed by atoms with Gasteiger partial charge in [0.1, 0.15) is 11.8 Å². The second-order valence-electron chi connectivity index (χ2n) is 9.77. The SMILES string of the molecule is CC[C@@H](C)NC(=O)[C@@H](CC)N(Cc1cccc(OC)c1)C(=O)CCCN(c1cccc(C)c1C)S(C)(=O)=O. The molecule has 210 valence electrons. The average Bonchev–Trinajstić information content (AvgIpc) is 2.87. The Morgan fingerprint density at radius 2 is 1.74 bits per heavy atom. The fraction of sp³-hybridized carbons (Fsp3) is 0.517. The minimum atomic E-state index is -3.55. The number of benzene rings is 2. The molecule has 2 amide bonds. The molecule has 0 unspecified atom stereocenters. The van der Waals surface area contributed by atoms with Crippen LogP contribution >= 0.6 is 0 Å². The molecule has 0 saturated heterocycles. The van der Waals surface area contributed by atoms with Gasteiger partial charge in [-0.15, -0.1) is 0 Å². The third-order valence-electron chi connectivity index (χ3n) is 6.87. The Balaban J connectivity index is 2.28. The van der Waals surface area contributed by atoms with Gasteiger partial charge in [0.15, 0.2) is 0 Å². The Hall–Kier alpha value is -3.07. The van der Waals surface area contributed by atoms with Gasteiger partial charge in [-0.25, -0.2) is 8.42 Å². The normalized spacial score (nSPS) is 12.9. The predicted octanol–water partition coefficient (Wildman–Crippen LogP) is 4.58. The van der Waals surface area contributed by atoms with Crippen LogP contribution in [-0.2, 0) is 26.2 Å². The van der Waals surface area contributed by atoms with E-state index in [-0.39, 0.29) is 37.4 Å². The minimum absolute atomic E-state index is 0.00814. The molecule has 0 aliphatic heterocycles. The number of aryl methyl sites for hydroxylation is 1. The lowest BCUT2D eigenvalue weighted by Crippen LogP contribution is -2.50. The molecular formula is C29H43N3O5S. The van der Waals surface area contributed by atoms with Crippen LogP contribution in [0, 0.1) is 13.8 Å². The summed E-state index contributed by atoms with van der Waals surface area (Å²) in [5.41, 5.74) is 3.35. The lowest BCUT2D eigenvalue weighted by atomic mass is 10.1. The Labute approximate surface area is 228 Å². The van der Waals surface area contributed by atoms with Gasteiger partial charge in [-0.2, -0.15) is 0 Å². The van der Waals surface area contributed by atoms with Gasteiger partial charge >= 0.3 is 0 Å². The van der Waals surface area contributed by atoms with E-state index in [0.29, 0.717) is 24.3 Å². The second-order valence-corrected chi connectivity index (χ2v) is 11.7. The number of hydrogen-bond acceptors (Lipinski definition) is 5. The lowest BCUT2D eigenvalue weighted by molar-refractivity contribution is -0.141. The molecule has 0 radical (unpaired) electrons. The number of methoxy groups -OCH3 is 1. The molecule has 9 heteroatoms. The molecule has 0 spiro atoms. The maximum atomic E-state index is 13.6. The third kappa shape index (κ3) is 8.48. The molecule has 2 atom stereocenters. The van der Waals surface area contributed by atoms with E-state index in [0.717, 1.165) is 23.1 Å². The number of rotatable bonds is 14. The maximum absolute atomic E-state index is 13.6. The number of carbonyl (C=O) groups excluding carboxylic acids is 2. The summed E-state index contributed by atoms with van der Waals surface area (Å²) < 4.78 is 32.0. The van der Waals surface area contributed by atoms with Crippen molar-refractivity contribution in [3.05, 3.63) is 59.2 Å². The number of amides is 2. The Morgan fingerprint density at radius 1 is 1.05 bits per heavy atom. The van der Waals surface area contributed by atoms with Crippen molar-refractivity contribution in [2.24, 2.45) is 0 Å². The number of anilines is 1. The summed E-state index contributed by atoms with van der Waals surface area (Å²) in [6, 6.07) is 12.3. The summed E-state index contributed by atoms with van der Waals surface area (Å²) in [5, 5.41) is 3.01. The fourth-order valence-corrected chi connectivity index (χ4v) is 5.33. The first-order valence-electron chi connectivity index (χ1n) is 13.2. The molecule has 38 heavy (non-hydrogen) atoms. The number of nitrogens with one attached hydrogen (secondary N) is 1. The van der Waals surface area contributed by atoms with Gasteiger partial charge in [0, 0.05) is 25.6 Å². The number of nitrogens with zero attached hydrogens (tertiary/aromatic N) is 2. The van der Waals surface area contributed by atoms with Gasteiger partial charge in [-0.05, 0) is 74.9 Å². The van der Waals surface area contributed by atoms with Crippen molar-refractivity contribution in [2.45, 2.75) is 78.9 Å². The Bertz CT molecular complexity index is 1200. The van der Waals surface area contributed by atoms with Crippen molar-refractivity contribution >= 4 is 27.5 Å². The number of carbonyl (C=O) groups is 2. The predicted molar refractivity (Wildman–Crippen MR) is 153 cm³/mol. The van der Waals surface area contributed by atoms with Crippen LogP contribution in [0.25, 0.3) is 0 Å². The molecule has 0 bridgehead atoms. The van der Waals surface area contributed by atoms with E-state index >= 15 is 0 Å². The van der Waals surface area contributed by atoms with Crippen molar-refractivity contribution in [3.63, 3.8) is 0 Å². The van der Waals surface area contributed by atoms with Gasteiger partial charge in [0.05, 0.1) is 19.1 Å². The zero-order chi connectivity index (χ0) is 28.5. The van der Waals surface area contributed by atoms with E-state index < -0.39 is 16.1 Å². The summed E-state index contributed by atoms with van der Waals surface area (Å²) in [6.07, 6.45) is 2.84. The largest absolute Gasteiger partial charge is 0.497 e. The van der Waals surface area contributed by atoms with Crippen molar-refractivity contribution < 1.29 is 22.7 Å². The van der Waals surface area contributed by atoms with E-state index in [1.807, 2.05) is 71.0 Å². The molecule has 1 N–H and O–H groups in total. The maximum Gasteiger partial charge on any atom is 0.243 e. The topological polar surface area (TPSA) is 96.0 Å². The molecular weight excluding hydrogens is 502 g/mol. The first-order chi connectivity index (χ1) is 17.9. The molecule has 0 aromatic heterocycles. The van der Waals surface area contributed by atoms with Crippen molar-refractivity contribution in [2.75, 3.05) is 24.2 Å². The molecule has 0 heterocycles. The highest BCUT2D eigenvalue weighted by Gasteiger charge is 2.29. The Morgan fingerprint density at radius 3 is 2.34 bits per heavy atom. The summed E-state index contributed by atoms with van der Waals surface area (Å²) in [5.74, 6) is 0.281. The van der Waals surface area contributed by atoms with E-state index in [1.54, 1.807) is 18.1 Å². The number of sulfonamides is 1. The van der Waals surface area contributed by atoms with Crippen LogP contribution in [0.4, 0.5) is 5.69 Å². The molecule has 0 aliphatic rings. The first-order valence-corrected chi connectivity index (χ1v) is 15.0. The highest BCUT2D eigenvalue weighted by Crippen LogP contribution is 2.26. The van der Waals surface area contributed by atoms with Gasteiger partial charge in [-0.3, -0.25) is 13.9 Å². The average molecular weight is 546 g/mol. The monoisotopic (exact) mass is 545 g/mol. The van der Waals surface area contributed by atoms with Crippen LogP contribution in [0.2, 0.25) is 0 Å². The van der Waals surface area contributed by atoms with E-state index in [1.165, 1.54) is 10.6 Å². The quantitative estimate of drug-likeness (QED) is 0.375. The van der Waals surface area contributed by atoms with Crippen molar-refractivity contribution in [1.29, 1.82) is 0 Å². The molecule has 2 aromatic carbocycles. The first kappa shape index (κ1) is 31.1. The lowest BCUT2D eigenvalue weighted by Gasteiger charge is -2.32. The van der Waals surface area contributed by atoms with Crippen LogP contribution in [0.3, 0.4) is 0 Å². The smallest absolute Gasteiger partial charge is 0.243 e. The zero-order valence-corrected chi connectivity index (χ0v) is 24.6. The molecule has 0 fully saturated rings. The second kappa shape index (κ2) is 14.2. The van der Waals surface area contributed by atoms with E-state index in [4.69, 9.17) is 4.74 Å². The molecule has 0 aliphatic carbocycles. The standard InChI is InChI=1S/C29H43N3O5S/c1-8-22(4)30-29(34)26(9-2)31(20-24-14-11-15-25(19-24)37-6)28(33)17-12-18-32(38(7,35)36)27-16-10-13-21(3)23(27)5/h10-11,13-16,19,22,26H,8-9,12,17-18,20H2,1-7H3,(H,30,34)/t22-,26-/m1/s1. The van der Waals surface area contributed by atoms with Crippen molar-refractivity contribution in [3.8, 4) is 5.75 Å². The highest BCUT2D eigenvalue weighted by molar-refractivity contribution is 7.92. The molecule has 2 rings (SSSR count). The fourth-order valence-electron chi connectivity index (χ4n) is 4.32. The summed E-state index contributed by atoms with van der Waals surface area (Å²) in [7, 11) is -1.97. The minimum Gasteiger partial charge on any atom is -0.497 e. The Kier molecular flexibility index (Phi) is 11.6. The van der Waals surface area contributed by atoms with Gasteiger partial charge in [-0.1, -0.05) is 38.1 Å². The summed E-state index contributed by atoms with van der Waals surface area (Å²) in [6.45, 7) is 10.1. The molecule has 2 aromatic rings. The van der Waals surface area contributed by atoms with Crippen LogP contribution in [0.1, 0.15) is 63.1 Å². The number of hydrogen-bond donors (Lipinski definition) is 1. The van der Waals surface area contributed by atoms with Gasteiger partial charge in [0.2, 0.25) is 21.8 Å². The zero-order valence-electron chi connectivity index (χ0n) is 23.8. The molecule has 0 saturated carbocycles.